The van der Waals surface area contributed by atoms with Crippen LogP contribution in [0.3, 0.4) is 0 Å². The third-order valence-corrected chi connectivity index (χ3v) is 6.21. The van der Waals surface area contributed by atoms with Crippen molar-refractivity contribution in [1.29, 1.82) is 0 Å². The quantitative estimate of drug-likeness (QED) is 0.553. The van der Waals surface area contributed by atoms with Crippen LogP contribution in [0.25, 0.3) is 10.8 Å². The second kappa shape index (κ2) is 10.5. The Morgan fingerprint density at radius 2 is 1.81 bits per heavy atom. The van der Waals surface area contributed by atoms with Gasteiger partial charge in [0.2, 0.25) is 5.91 Å². The second-order valence-electron chi connectivity index (χ2n) is 8.71. The Bertz CT molecular complexity index is 1100. The molecule has 1 aliphatic rings. The molecule has 32 heavy (non-hydrogen) atoms. The van der Waals surface area contributed by atoms with Crippen LogP contribution in [0.2, 0.25) is 0 Å². The Hall–Kier alpha value is -3.06. The molecule has 7 heteroatoms. The lowest BCUT2D eigenvalue weighted by atomic mass is 9.99. The van der Waals surface area contributed by atoms with Crippen molar-refractivity contribution in [3.8, 4) is 0 Å². The molecular weight excluding hydrogens is 402 g/mol. The largest absolute Gasteiger partial charge is 0.354 e. The first-order valence-corrected chi connectivity index (χ1v) is 11.5. The van der Waals surface area contributed by atoms with E-state index in [-0.39, 0.29) is 18.0 Å². The number of carbonyl (C=O) groups is 1. The zero-order valence-electron chi connectivity index (χ0n) is 18.7. The standard InChI is InChI=1S/C25H31N5O2/c1-19-9-15-29(16-10-19)14-4-11-27-24(31)18-30-25(32)22-6-3-2-5-21(22)23(28-30)17-20-7-12-26-13-8-20/h2-3,5-8,12-13,19H,4,9-11,14-18H2,1H3,(H,27,31). The number of aromatic nitrogens is 3. The molecule has 0 bridgehead atoms. The van der Waals surface area contributed by atoms with Crippen molar-refractivity contribution in [1.82, 2.24) is 25.0 Å². The molecule has 2 aromatic heterocycles. The summed E-state index contributed by atoms with van der Waals surface area (Å²) in [5.41, 5.74) is 1.59. The van der Waals surface area contributed by atoms with E-state index in [1.165, 1.54) is 17.5 Å². The fraction of sp³-hybridized carbons (Fsp3) is 0.440. The lowest BCUT2D eigenvalue weighted by molar-refractivity contribution is -0.121. The summed E-state index contributed by atoms with van der Waals surface area (Å²) in [6.45, 7) is 6.13. The van der Waals surface area contributed by atoms with Gasteiger partial charge in [-0.05, 0) is 68.6 Å². The number of pyridine rings is 1. The molecule has 3 heterocycles. The van der Waals surface area contributed by atoms with E-state index in [2.05, 4.69) is 27.2 Å². The summed E-state index contributed by atoms with van der Waals surface area (Å²) in [6.07, 6.45) is 7.47. The number of hydrogen-bond donors (Lipinski definition) is 1. The van der Waals surface area contributed by atoms with E-state index in [1.807, 2.05) is 30.3 Å². The molecule has 1 amide bonds. The first-order chi connectivity index (χ1) is 15.6. The number of piperidine rings is 1. The molecule has 1 N–H and O–H groups in total. The fourth-order valence-electron chi connectivity index (χ4n) is 4.25. The number of likely N-dealkylation sites (tertiary alicyclic amines) is 1. The second-order valence-corrected chi connectivity index (χ2v) is 8.71. The summed E-state index contributed by atoms with van der Waals surface area (Å²) >= 11 is 0. The van der Waals surface area contributed by atoms with Gasteiger partial charge in [-0.15, -0.1) is 0 Å². The van der Waals surface area contributed by atoms with Gasteiger partial charge in [-0.25, -0.2) is 4.68 Å². The van der Waals surface area contributed by atoms with Crippen molar-refractivity contribution in [2.24, 2.45) is 5.92 Å². The molecule has 3 aromatic rings. The molecule has 0 saturated carbocycles. The van der Waals surface area contributed by atoms with E-state index in [4.69, 9.17) is 0 Å². The van der Waals surface area contributed by atoms with Crippen LogP contribution in [-0.4, -0.2) is 51.8 Å². The van der Waals surface area contributed by atoms with Gasteiger partial charge in [0, 0.05) is 30.7 Å². The number of nitrogens with zero attached hydrogens (tertiary/aromatic N) is 4. The highest BCUT2D eigenvalue weighted by atomic mass is 16.2. The number of hydrogen-bond acceptors (Lipinski definition) is 5. The van der Waals surface area contributed by atoms with Gasteiger partial charge in [0.1, 0.15) is 6.54 Å². The number of nitrogens with one attached hydrogen (secondary N) is 1. The first-order valence-electron chi connectivity index (χ1n) is 11.5. The Kier molecular flexibility index (Phi) is 7.27. The van der Waals surface area contributed by atoms with Gasteiger partial charge in [-0.1, -0.05) is 25.1 Å². The summed E-state index contributed by atoms with van der Waals surface area (Å²) < 4.78 is 1.29. The molecule has 1 aliphatic heterocycles. The summed E-state index contributed by atoms with van der Waals surface area (Å²) in [5, 5.41) is 8.91. The van der Waals surface area contributed by atoms with E-state index < -0.39 is 0 Å². The molecular formula is C25H31N5O2. The SMILES string of the molecule is CC1CCN(CCCNC(=O)Cn2nc(Cc3ccncc3)c3ccccc3c2=O)CC1. The average molecular weight is 434 g/mol. The van der Waals surface area contributed by atoms with Crippen molar-refractivity contribution in [2.75, 3.05) is 26.2 Å². The van der Waals surface area contributed by atoms with Gasteiger partial charge in [-0.2, -0.15) is 5.10 Å². The van der Waals surface area contributed by atoms with Gasteiger partial charge >= 0.3 is 0 Å². The minimum absolute atomic E-state index is 0.0752. The van der Waals surface area contributed by atoms with E-state index >= 15 is 0 Å². The van der Waals surface area contributed by atoms with Crippen molar-refractivity contribution in [3.05, 3.63) is 70.4 Å². The molecule has 168 valence electrons. The third-order valence-electron chi connectivity index (χ3n) is 6.21. The molecule has 7 nitrogen and oxygen atoms in total. The Balaban J connectivity index is 1.40. The summed E-state index contributed by atoms with van der Waals surface area (Å²) in [6, 6.07) is 11.3. The van der Waals surface area contributed by atoms with Crippen molar-refractivity contribution in [3.63, 3.8) is 0 Å². The maximum atomic E-state index is 12.9. The number of rotatable bonds is 8. The predicted molar refractivity (Wildman–Crippen MR) is 126 cm³/mol. The highest BCUT2D eigenvalue weighted by molar-refractivity contribution is 5.84. The van der Waals surface area contributed by atoms with Crippen LogP contribution in [-0.2, 0) is 17.8 Å². The molecule has 0 atom stereocenters. The van der Waals surface area contributed by atoms with Gasteiger partial charge < -0.3 is 10.2 Å². The van der Waals surface area contributed by atoms with Crippen LogP contribution in [0.15, 0.2) is 53.6 Å². The van der Waals surface area contributed by atoms with Crippen LogP contribution < -0.4 is 10.9 Å². The average Bonchev–Trinajstić information content (AvgIpc) is 2.82. The molecule has 1 saturated heterocycles. The molecule has 4 rings (SSSR count). The summed E-state index contributed by atoms with van der Waals surface area (Å²) in [5.74, 6) is 0.638. The lowest BCUT2D eigenvalue weighted by Crippen LogP contribution is -2.37. The number of carbonyl (C=O) groups excluding carboxylic acids is 1. The minimum atomic E-state index is -0.239. The van der Waals surface area contributed by atoms with Crippen LogP contribution in [0.4, 0.5) is 0 Å². The summed E-state index contributed by atoms with van der Waals surface area (Å²) in [4.78, 5) is 32.0. The number of benzene rings is 1. The summed E-state index contributed by atoms with van der Waals surface area (Å²) in [7, 11) is 0. The van der Waals surface area contributed by atoms with Crippen LogP contribution in [0.1, 0.15) is 37.4 Å². The van der Waals surface area contributed by atoms with E-state index in [9.17, 15) is 9.59 Å². The number of fused-ring (bicyclic) bond motifs is 1. The zero-order chi connectivity index (χ0) is 22.3. The first kappa shape index (κ1) is 22.1. The molecule has 0 radical (unpaired) electrons. The van der Waals surface area contributed by atoms with Crippen LogP contribution >= 0.6 is 0 Å². The predicted octanol–water partition coefficient (Wildman–Crippen LogP) is 2.62. The molecule has 0 spiro atoms. The third kappa shape index (κ3) is 5.59. The smallest absolute Gasteiger partial charge is 0.275 e. The number of amides is 1. The van der Waals surface area contributed by atoms with Crippen molar-refractivity contribution >= 4 is 16.7 Å². The van der Waals surface area contributed by atoms with E-state index in [0.717, 1.165) is 48.6 Å². The highest BCUT2D eigenvalue weighted by Crippen LogP contribution is 2.17. The normalized spacial score (nSPS) is 15.2. The van der Waals surface area contributed by atoms with Crippen molar-refractivity contribution < 1.29 is 4.79 Å². The van der Waals surface area contributed by atoms with Gasteiger partial charge in [0.25, 0.3) is 5.56 Å². The molecule has 1 fully saturated rings. The maximum absolute atomic E-state index is 12.9. The van der Waals surface area contributed by atoms with E-state index in [1.54, 1.807) is 18.5 Å². The van der Waals surface area contributed by atoms with E-state index in [0.29, 0.717) is 18.4 Å². The van der Waals surface area contributed by atoms with Crippen LogP contribution in [0.5, 0.6) is 0 Å². The Labute approximate surface area is 188 Å². The van der Waals surface area contributed by atoms with Gasteiger partial charge in [-0.3, -0.25) is 14.6 Å². The monoisotopic (exact) mass is 433 g/mol. The van der Waals surface area contributed by atoms with Crippen LogP contribution in [0, 0.1) is 5.92 Å². The molecule has 1 aromatic carbocycles. The Morgan fingerprint density at radius 1 is 1.09 bits per heavy atom. The molecule has 0 unspecified atom stereocenters. The molecule has 0 aliphatic carbocycles. The van der Waals surface area contributed by atoms with Gasteiger partial charge in [0.05, 0.1) is 11.1 Å². The highest BCUT2D eigenvalue weighted by Gasteiger charge is 2.16. The van der Waals surface area contributed by atoms with Crippen molar-refractivity contribution in [2.45, 2.75) is 39.2 Å². The topological polar surface area (TPSA) is 80.1 Å². The lowest BCUT2D eigenvalue weighted by Gasteiger charge is -2.30. The minimum Gasteiger partial charge on any atom is -0.354 e. The maximum Gasteiger partial charge on any atom is 0.275 e. The Morgan fingerprint density at radius 3 is 2.56 bits per heavy atom. The zero-order valence-corrected chi connectivity index (χ0v) is 18.7. The van der Waals surface area contributed by atoms with Gasteiger partial charge in [0.15, 0.2) is 0 Å². The fourth-order valence-corrected chi connectivity index (χ4v) is 4.25.